The van der Waals surface area contributed by atoms with Crippen LogP contribution in [0, 0.1) is 0 Å². The molecule has 1 aromatic heterocycles. The smallest absolute Gasteiger partial charge is 0.230 e. The highest BCUT2D eigenvalue weighted by atomic mass is 16.5. The van der Waals surface area contributed by atoms with Crippen molar-refractivity contribution in [2.45, 2.75) is 64.3 Å². The van der Waals surface area contributed by atoms with E-state index in [1.807, 2.05) is 0 Å². The fourth-order valence-corrected chi connectivity index (χ4v) is 4.96. The summed E-state index contributed by atoms with van der Waals surface area (Å²) < 4.78 is 5.47. The number of likely N-dealkylation sites (tertiary alicyclic amines) is 1. The molecule has 1 aromatic carbocycles. The zero-order valence-corrected chi connectivity index (χ0v) is 20.0. The molecule has 0 aliphatic carbocycles. The van der Waals surface area contributed by atoms with Gasteiger partial charge in [0, 0.05) is 24.5 Å². The van der Waals surface area contributed by atoms with E-state index in [9.17, 15) is 0 Å². The van der Waals surface area contributed by atoms with Crippen molar-refractivity contribution < 1.29 is 4.74 Å². The number of benzene rings is 1. The lowest BCUT2D eigenvalue weighted by atomic mass is 9.79. The van der Waals surface area contributed by atoms with Crippen molar-refractivity contribution in [3.63, 3.8) is 0 Å². The lowest BCUT2D eigenvalue weighted by Gasteiger charge is -2.36. The quantitative estimate of drug-likeness (QED) is 0.740. The van der Waals surface area contributed by atoms with Crippen LogP contribution in [0.1, 0.15) is 63.4 Å². The maximum absolute atomic E-state index is 6.12. The fourth-order valence-electron chi connectivity index (χ4n) is 4.96. The lowest BCUT2D eigenvalue weighted by Crippen LogP contribution is -2.38. The molecule has 0 bridgehead atoms. The number of nitrogen functional groups attached to an aromatic ring is 1. The first-order valence-electron chi connectivity index (χ1n) is 12.0. The van der Waals surface area contributed by atoms with Crippen LogP contribution in [0.5, 0.6) is 0 Å². The summed E-state index contributed by atoms with van der Waals surface area (Å²) in [4.78, 5) is 18.6. The molecule has 0 radical (unpaired) electrons. The molecule has 2 saturated heterocycles. The zero-order valence-electron chi connectivity index (χ0n) is 20.0. The van der Waals surface area contributed by atoms with Crippen molar-refractivity contribution in [2.24, 2.45) is 0 Å². The van der Waals surface area contributed by atoms with Gasteiger partial charge in [-0.05, 0) is 63.2 Å². The third-order valence-corrected chi connectivity index (χ3v) is 6.93. The first-order chi connectivity index (χ1) is 15.3. The Morgan fingerprint density at radius 1 is 1.03 bits per heavy atom. The normalized spacial score (nSPS) is 19.0. The van der Waals surface area contributed by atoms with E-state index >= 15 is 0 Å². The number of aromatic nitrogens is 3. The molecular weight excluding hydrogens is 400 g/mol. The number of nitrogens with zero attached hydrogens (tertiary/aromatic N) is 5. The second-order valence-corrected chi connectivity index (χ2v) is 10.1. The van der Waals surface area contributed by atoms with Crippen LogP contribution in [0.25, 0.3) is 0 Å². The summed E-state index contributed by atoms with van der Waals surface area (Å²) in [5, 5.41) is 0. The Morgan fingerprint density at radius 2 is 1.72 bits per heavy atom. The van der Waals surface area contributed by atoms with E-state index in [-0.39, 0.29) is 5.41 Å². The summed E-state index contributed by atoms with van der Waals surface area (Å²) in [5.41, 5.74) is 8.74. The van der Waals surface area contributed by atoms with Crippen molar-refractivity contribution in [1.82, 2.24) is 19.9 Å². The monoisotopic (exact) mass is 438 g/mol. The second kappa shape index (κ2) is 9.71. The third kappa shape index (κ3) is 5.21. The number of rotatable bonds is 6. The van der Waals surface area contributed by atoms with Gasteiger partial charge in [-0.2, -0.15) is 15.0 Å². The van der Waals surface area contributed by atoms with E-state index in [1.165, 1.54) is 37.1 Å². The van der Waals surface area contributed by atoms with Crippen molar-refractivity contribution in [2.75, 3.05) is 50.0 Å². The minimum absolute atomic E-state index is 0.257. The Labute approximate surface area is 192 Å². The van der Waals surface area contributed by atoms with Gasteiger partial charge in [-0.3, -0.25) is 0 Å². The molecule has 0 unspecified atom stereocenters. The highest BCUT2D eigenvalue weighted by Crippen LogP contribution is 2.35. The van der Waals surface area contributed by atoms with Crippen LogP contribution in [-0.4, -0.2) is 65.3 Å². The number of nitrogens with two attached hydrogens (primary N) is 1. The second-order valence-electron chi connectivity index (χ2n) is 10.1. The molecule has 32 heavy (non-hydrogen) atoms. The average Bonchev–Trinajstić information content (AvgIpc) is 2.79. The number of morpholine rings is 1. The SMILES string of the molecule is CC(C)N1CCC(c2ccccc2CC(C)(C)c2nc(N)nc(N3CCOCC3)n2)CC1. The Bertz CT molecular complexity index is 901. The van der Waals surface area contributed by atoms with Crippen LogP contribution in [-0.2, 0) is 16.6 Å². The largest absolute Gasteiger partial charge is 0.378 e. The number of ether oxygens (including phenoxy) is 1. The van der Waals surface area contributed by atoms with Gasteiger partial charge in [-0.15, -0.1) is 0 Å². The molecule has 174 valence electrons. The van der Waals surface area contributed by atoms with E-state index in [0.717, 1.165) is 25.3 Å². The molecule has 7 heteroatoms. The van der Waals surface area contributed by atoms with Gasteiger partial charge >= 0.3 is 0 Å². The van der Waals surface area contributed by atoms with E-state index < -0.39 is 0 Å². The average molecular weight is 439 g/mol. The fraction of sp³-hybridized carbons (Fsp3) is 0.640. The molecule has 2 N–H and O–H groups in total. The molecule has 0 spiro atoms. The van der Waals surface area contributed by atoms with Crippen LogP contribution in [0.4, 0.5) is 11.9 Å². The Kier molecular flexibility index (Phi) is 6.96. The maximum Gasteiger partial charge on any atom is 0.230 e. The van der Waals surface area contributed by atoms with Gasteiger partial charge < -0.3 is 20.3 Å². The topological polar surface area (TPSA) is 80.4 Å². The highest BCUT2D eigenvalue weighted by Gasteiger charge is 2.30. The molecule has 2 fully saturated rings. The standard InChI is InChI=1S/C25H38N6O/c1-18(2)30-11-9-19(10-12-30)21-8-6-5-7-20(21)17-25(3,4)22-27-23(26)29-24(28-22)31-13-15-32-16-14-31/h5-8,18-19H,9-17H2,1-4H3,(H2,26,27,28,29). The van der Waals surface area contributed by atoms with Crippen LogP contribution in [0.15, 0.2) is 24.3 Å². The van der Waals surface area contributed by atoms with Crippen molar-refractivity contribution in [1.29, 1.82) is 0 Å². The Hall–Kier alpha value is -2.25. The highest BCUT2D eigenvalue weighted by molar-refractivity contribution is 5.38. The lowest BCUT2D eigenvalue weighted by molar-refractivity contribution is 0.122. The molecule has 7 nitrogen and oxygen atoms in total. The van der Waals surface area contributed by atoms with Crippen LogP contribution in [0.2, 0.25) is 0 Å². The van der Waals surface area contributed by atoms with Crippen LogP contribution < -0.4 is 10.6 Å². The predicted molar refractivity (Wildman–Crippen MR) is 129 cm³/mol. The number of hydrogen-bond donors (Lipinski definition) is 1. The summed E-state index contributed by atoms with van der Waals surface area (Å²) in [6.07, 6.45) is 3.31. The minimum atomic E-state index is -0.257. The van der Waals surface area contributed by atoms with Gasteiger partial charge in [0.1, 0.15) is 5.82 Å². The summed E-state index contributed by atoms with van der Waals surface area (Å²) in [6.45, 7) is 14.3. The number of hydrogen-bond acceptors (Lipinski definition) is 7. The van der Waals surface area contributed by atoms with E-state index in [4.69, 9.17) is 15.5 Å². The van der Waals surface area contributed by atoms with E-state index in [0.29, 0.717) is 37.1 Å². The summed E-state index contributed by atoms with van der Waals surface area (Å²) in [5.74, 6) is 2.33. The Morgan fingerprint density at radius 3 is 2.41 bits per heavy atom. The zero-order chi connectivity index (χ0) is 22.7. The molecule has 3 heterocycles. The van der Waals surface area contributed by atoms with Crippen molar-refractivity contribution >= 4 is 11.9 Å². The van der Waals surface area contributed by atoms with Gasteiger partial charge in [0.15, 0.2) is 0 Å². The maximum atomic E-state index is 6.12. The summed E-state index contributed by atoms with van der Waals surface area (Å²) in [6, 6.07) is 9.55. The van der Waals surface area contributed by atoms with Gasteiger partial charge in [0.25, 0.3) is 0 Å². The summed E-state index contributed by atoms with van der Waals surface area (Å²) in [7, 11) is 0. The minimum Gasteiger partial charge on any atom is -0.378 e. The summed E-state index contributed by atoms with van der Waals surface area (Å²) >= 11 is 0. The van der Waals surface area contributed by atoms with Crippen molar-refractivity contribution in [3.8, 4) is 0 Å². The molecule has 2 aliphatic rings. The number of anilines is 2. The van der Waals surface area contributed by atoms with Crippen molar-refractivity contribution in [3.05, 3.63) is 41.2 Å². The first kappa shape index (κ1) is 22.9. The molecule has 2 aromatic rings. The molecule has 0 atom stereocenters. The van der Waals surface area contributed by atoms with Crippen LogP contribution in [0.3, 0.4) is 0 Å². The first-order valence-corrected chi connectivity index (χ1v) is 12.0. The third-order valence-electron chi connectivity index (χ3n) is 6.93. The molecule has 0 saturated carbocycles. The van der Waals surface area contributed by atoms with Gasteiger partial charge in [-0.1, -0.05) is 38.1 Å². The van der Waals surface area contributed by atoms with Gasteiger partial charge in [-0.25, -0.2) is 0 Å². The van der Waals surface area contributed by atoms with Gasteiger partial charge in [0.05, 0.1) is 13.2 Å². The Balaban J connectivity index is 1.55. The molecule has 4 rings (SSSR count). The van der Waals surface area contributed by atoms with E-state index in [1.54, 1.807) is 0 Å². The number of piperidine rings is 1. The van der Waals surface area contributed by atoms with Gasteiger partial charge in [0.2, 0.25) is 11.9 Å². The van der Waals surface area contributed by atoms with E-state index in [2.05, 4.69) is 71.7 Å². The molecule has 0 amide bonds. The predicted octanol–water partition coefficient (Wildman–Crippen LogP) is 3.40. The molecular formula is C25H38N6O. The molecule has 2 aliphatic heterocycles. The van der Waals surface area contributed by atoms with Crippen LogP contribution >= 0.6 is 0 Å².